The number of hydrogen-bond donors (Lipinski definition) is 0. The van der Waals surface area contributed by atoms with Gasteiger partial charge >= 0.3 is 0 Å². The fraction of sp³-hybridized carbons (Fsp3) is 0.462. The Morgan fingerprint density at radius 2 is 2.19 bits per heavy atom. The van der Waals surface area contributed by atoms with Gasteiger partial charge in [0, 0.05) is 13.5 Å². The normalized spacial score (nSPS) is 9.75. The fourth-order valence-corrected chi connectivity index (χ4v) is 1.39. The summed E-state index contributed by atoms with van der Waals surface area (Å²) in [5, 5.41) is 8.37. The lowest BCUT2D eigenvalue weighted by Crippen LogP contribution is -1.98. The van der Waals surface area contributed by atoms with E-state index in [-0.39, 0.29) is 0 Å². The summed E-state index contributed by atoms with van der Waals surface area (Å²) in [6, 6.07) is 10.00. The van der Waals surface area contributed by atoms with Crippen LogP contribution in [-0.2, 0) is 11.3 Å². The van der Waals surface area contributed by atoms with E-state index in [1.807, 2.05) is 24.3 Å². The van der Waals surface area contributed by atoms with Crippen LogP contribution in [0, 0.1) is 11.3 Å². The van der Waals surface area contributed by atoms with E-state index in [9.17, 15) is 0 Å². The van der Waals surface area contributed by atoms with Gasteiger partial charge in [-0.25, -0.2) is 0 Å². The molecule has 0 heterocycles. The average molecular weight is 219 g/mol. The smallest absolute Gasteiger partial charge is 0.119 e. The molecule has 0 amide bonds. The van der Waals surface area contributed by atoms with Crippen LogP contribution < -0.4 is 4.74 Å². The van der Waals surface area contributed by atoms with E-state index in [0.717, 1.165) is 24.2 Å². The second-order valence-electron chi connectivity index (χ2n) is 3.54. The topological polar surface area (TPSA) is 42.2 Å². The number of rotatable bonds is 7. The molecule has 0 spiro atoms. The molecule has 1 aromatic carbocycles. The first-order valence-electron chi connectivity index (χ1n) is 5.44. The summed E-state index contributed by atoms with van der Waals surface area (Å²) in [4.78, 5) is 0. The van der Waals surface area contributed by atoms with Crippen molar-refractivity contribution in [3.05, 3.63) is 29.8 Å². The van der Waals surface area contributed by atoms with E-state index in [0.29, 0.717) is 19.6 Å². The van der Waals surface area contributed by atoms with Crippen LogP contribution in [0.5, 0.6) is 5.75 Å². The van der Waals surface area contributed by atoms with Crippen molar-refractivity contribution in [2.24, 2.45) is 0 Å². The lowest BCUT2D eigenvalue weighted by Gasteiger charge is -2.07. The van der Waals surface area contributed by atoms with Crippen LogP contribution >= 0.6 is 0 Å². The number of nitriles is 1. The van der Waals surface area contributed by atoms with Gasteiger partial charge < -0.3 is 9.47 Å². The Hall–Kier alpha value is -1.53. The Labute approximate surface area is 96.6 Å². The molecule has 0 saturated carbocycles. The molecule has 0 fully saturated rings. The van der Waals surface area contributed by atoms with E-state index < -0.39 is 0 Å². The number of ether oxygens (including phenoxy) is 2. The fourth-order valence-electron chi connectivity index (χ4n) is 1.39. The number of hydrogen-bond acceptors (Lipinski definition) is 3. The summed E-state index contributed by atoms with van der Waals surface area (Å²) in [5.74, 6) is 0.867. The van der Waals surface area contributed by atoms with Gasteiger partial charge in [0.1, 0.15) is 5.75 Å². The lowest BCUT2D eigenvalue weighted by atomic mass is 10.2. The van der Waals surface area contributed by atoms with Gasteiger partial charge in [-0.05, 0) is 30.5 Å². The molecule has 0 unspecified atom stereocenters. The molecule has 1 rings (SSSR count). The molecule has 0 N–H and O–H groups in total. The summed E-state index contributed by atoms with van der Waals surface area (Å²) in [6.07, 6.45) is 2.42. The summed E-state index contributed by atoms with van der Waals surface area (Å²) in [6.45, 7) is 1.27. The Bertz CT molecular complexity index is 344. The molecule has 3 heteroatoms. The van der Waals surface area contributed by atoms with Crippen LogP contribution in [0.4, 0.5) is 0 Å². The summed E-state index contributed by atoms with van der Waals surface area (Å²) >= 11 is 0. The number of nitrogens with zero attached hydrogens (tertiary/aromatic N) is 1. The molecule has 1 aromatic rings. The van der Waals surface area contributed by atoms with Crippen LogP contribution in [0.3, 0.4) is 0 Å². The van der Waals surface area contributed by atoms with Crippen molar-refractivity contribution in [1.82, 2.24) is 0 Å². The summed E-state index contributed by atoms with van der Waals surface area (Å²) < 4.78 is 10.6. The molecule has 0 atom stereocenters. The second kappa shape index (κ2) is 7.72. The van der Waals surface area contributed by atoms with Crippen LogP contribution in [0.1, 0.15) is 24.8 Å². The number of unbranched alkanes of at least 4 members (excludes halogenated alkanes) is 2. The summed E-state index contributed by atoms with van der Waals surface area (Å²) in [5.41, 5.74) is 1.11. The number of benzene rings is 1. The van der Waals surface area contributed by atoms with Crippen molar-refractivity contribution >= 4 is 0 Å². The van der Waals surface area contributed by atoms with E-state index in [1.54, 1.807) is 7.11 Å². The average Bonchev–Trinajstić information content (AvgIpc) is 2.30. The first kappa shape index (κ1) is 12.5. The minimum Gasteiger partial charge on any atom is -0.494 e. The molecule has 0 aliphatic rings. The third-order valence-corrected chi connectivity index (χ3v) is 2.16. The molecule has 3 nitrogen and oxygen atoms in total. The highest BCUT2D eigenvalue weighted by Gasteiger charge is 1.96. The SMILES string of the molecule is COCc1cccc(OCCCCC#N)c1. The monoisotopic (exact) mass is 219 g/mol. The zero-order valence-electron chi connectivity index (χ0n) is 9.61. The Morgan fingerprint density at radius 1 is 1.31 bits per heavy atom. The van der Waals surface area contributed by atoms with Gasteiger partial charge in [0.05, 0.1) is 19.3 Å². The van der Waals surface area contributed by atoms with E-state index >= 15 is 0 Å². The first-order valence-corrected chi connectivity index (χ1v) is 5.44. The Kier molecular flexibility index (Phi) is 6.05. The maximum Gasteiger partial charge on any atom is 0.119 e. The molecular formula is C13H17NO2. The molecule has 0 bridgehead atoms. The highest BCUT2D eigenvalue weighted by atomic mass is 16.5. The Balaban J connectivity index is 2.30. The van der Waals surface area contributed by atoms with Gasteiger partial charge in [0.25, 0.3) is 0 Å². The minimum absolute atomic E-state index is 0.603. The van der Waals surface area contributed by atoms with Gasteiger partial charge in [-0.1, -0.05) is 12.1 Å². The zero-order valence-corrected chi connectivity index (χ0v) is 9.61. The van der Waals surface area contributed by atoms with Crippen molar-refractivity contribution in [3.63, 3.8) is 0 Å². The van der Waals surface area contributed by atoms with Crippen LogP contribution in [0.15, 0.2) is 24.3 Å². The molecule has 0 radical (unpaired) electrons. The van der Waals surface area contributed by atoms with E-state index in [4.69, 9.17) is 14.7 Å². The summed E-state index contributed by atoms with van der Waals surface area (Å²) in [7, 11) is 1.68. The predicted molar refractivity (Wildman–Crippen MR) is 62.1 cm³/mol. The maximum absolute atomic E-state index is 8.37. The molecular weight excluding hydrogens is 202 g/mol. The molecule has 16 heavy (non-hydrogen) atoms. The highest BCUT2D eigenvalue weighted by Crippen LogP contribution is 2.14. The van der Waals surface area contributed by atoms with Gasteiger partial charge in [0.2, 0.25) is 0 Å². The standard InChI is InChI=1S/C13H17NO2/c1-15-11-12-6-5-7-13(10-12)16-9-4-2-3-8-14/h5-7,10H,2-4,9,11H2,1H3. The zero-order chi connectivity index (χ0) is 11.6. The molecule has 0 aromatic heterocycles. The van der Waals surface area contributed by atoms with Crippen molar-refractivity contribution in [3.8, 4) is 11.8 Å². The van der Waals surface area contributed by atoms with Gasteiger partial charge in [0.15, 0.2) is 0 Å². The first-order chi connectivity index (χ1) is 7.86. The quantitative estimate of drug-likeness (QED) is 0.662. The lowest BCUT2D eigenvalue weighted by molar-refractivity contribution is 0.184. The van der Waals surface area contributed by atoms with E-state index in [2.05, 4.69) is 6.07 Å². The van der Waals surface area contributed by atoms with Gasteiger partial charge in [-0.15, -0.1) is 0 Å². The molecule has 86 valence electrons. The minimum atomic E-state index is 0.603. The molecule has 0 saturated heterocycles. The van der Waals surface area contributed by atoms with Crippen LogP contribution in [0.25, 0.3) is 0 Å². The maximum atomic E-state index is 8.37. The second-order valence-corrected chi connectivity index (χ2v) is 3.54. The molecule has 0 aliphatic heterocycles. The Morgan fingerprint density at radius 3 is 2.94 bits per heavy atom. The predicted octanol–water partition coefficient (Wildman–Crippen LogP) is 2.91. The largest absolute Gasteiger partial charge is 0.494 e. The van der Waals surface area contributed by atoms with Crippen LogP contribution in [-0.4, -0.2) is 13.7 Å². The van der Waals surface area contributed by atoms with Crippen LogP contribution in [0.2, 0.25) is 0 Å². The van der Waals surface area contributed by atoms with Crippen molar-refractivity contribution in [2.75, 3.05) is 13.7 Å². The third kappa shape index (κ3) is 4.81. The number of methoxy groups -OCH3 is 1. The van der Waals surface area contributed by atoms with Gasteiger partial charge in [-0.2, -0.15) is 5.26 Å². The van der Waals surface area contributed by atoms with Crippen molar-refractivity contribution in [2.45, 2.75) is 25.9 Å². The molecule has 0 aliphatic carbocycles. The third-order valence-electron chi connectivity index (χ3n) is 2.16. The van der Waals surface area contributed by atoms with E-state index in [1.165, 1.54) is 0 Å². The highest BCUT2D eigenvalue weighted by molar-refractivity contribution is 5.28. The van der Waals surface area contributed by atoms with Gasteiger partial charge in [-0.3, -0.25) is 0 Å². The van der Waals surface area contributed by atoms with Crippen molar-refractivity contribution in [1.29, 1.82) is 5.26 Å². The van der Waals surface area contributed by atoms with Crippen molar-refractivity contribution < 1.29 is 9.47 Å².